The van der Waals surface area contributed by atoms with Crippen LogP contribution in [0.4, 0.5) is 11.6 Å². The zero-order valence-electron chi connectivity index (χ0n) is 18.9. The highest BCUT2D eigenvalue weighted by Gasteiger charge is 2.20. The lowest BCUT2D eigenvalue weighted by molar-refractivity contribution is 0.122. The molecule has 0 saturated carbocycles. The summed E-state index contributed by atoms with van der Waals surface area (Å²) in [6, 6.07) is 8.76. The van der Waals surface area contributed by atoms with Crippen LogP contribution >= 0.6 is 24.0 Å². The summed E-state index contributed by atoms with van der Waals surface area (Å²) in [5, 5.41) is 14.3. The van der Waals surface area contributed by atoms with Crippen LogP contribution in [-0.4, -0.2) is 62.9 Å². The molecule has 1 saturated heterocycles. The number of morpholine rings is 1. The Morgan fingerprint density at radius 2 is 2.03 bits per heavy atom. The maximum Gasteiger partial charge on any atom is 0.261 e. The monoisotopic (exact) mass is 517 g/mol. The molecule has 0 radical (unpaired) electrons. The first-order valence-corrected chi connectivity index (χ1v) is 11.3. The number of aryl methyl sites for hydroxylation is 1. The summed E-state index contributed by atoms with van der Waals surface area (Å²) >= 11 is 6.03. The first-order valence-electron chi connectivity index (χ1n) is 11.0. The van der Waals surface area contributed by atoms with E-state index in [1.807, 2.05) is 6.92 Å². The molecule has 3 aromatic heterocycles. The summed E-state index contributed by atoms with van der Waals surface area (Å²) in [4.78, 5) is 34.6. The highest BCUT2D eigenvalue weighted by atomic mass is 35.5. The number of nitrogens with one attached hydrogen (secondary N) is 3. The third-order valence-electron chi connectivity index (χ3n) is 5.72. The van der Waals surface area contributed by atoms with Gasteiger partial charge in [0.15, 0.2) is 5.65 Å². The molecule has 35 heavy (non-hydrogen) atoms. The minimum Gasteiger partial charge on any atom is -0.387 e. The van der Waals surface area contributed by atoms with Crippen molar-refractivity contribution in [3.05, 3.63) is 63.2 Å². The van der Waals surface area contributed by atoms with Crippen LogP contribution in [0.15, 0.2) is 41.3 Å². The molecule has 184 valence electrons. The largest absolute Gasteiger partial charge is 0.387 e. The van der Waals surface area contributed by atoms with Crippen LogP contribution in [0.2, 0.25) is 5.02 Å². The molecule has 10 nitrogen and oxygen atoms in total. The fourth-order valence-electron chi connectivity index (χ4n) is 3.95. The van der Waals surface area contributed by atoms with Gasteiger partial charge >= 0.3 is 0 Å². The van der Waals surface area contributed by atoms with E-state index in [0.717, 1.165) is 0 Å². The van der Waals surface area contributed by atoms with Crippen LogP contribution in [0.3, 0.4) is 0 Å². The number of rotatable bonds is 6. The van der Waals surface area contributed by atoms with Crippen molar-refractivity contribution in [2.45, 2.75) is 13.0 Å². The molecule has 12 heteroatoms. The molecule has 4 N–H and O–H groups in total. The molecular weight excluding hydrogens is 493 g/mol. The average molecular weight is 518 g/mol. The second-order valence-electron chi connectivity index (χ2n) is 8.04. The van der Waals surface area contributed by atoms with Crippen molar-refractivity contribution >= 4 is 46.8 Å². The lowest BCUT2D eigenvalue weighted by Crippen LogP contribution is -2.37. The molecule has 0 spiro atoms. The van der Waals surface area contributed by atoms with Crippen molar-refractivity contribution in [3.63, 3.8) is 0 Å². The molecule has 1 aromatic carbocycles. The molecular formula is C23H25Cl2N7O3. The van der Waals surface area contributed by atoms with Gasteiger partial charge in [-0.05, 0) is 30.7 Å². The van der Waals surface area contributed by atoms with E-state index in [1.165, 1.54) is 0 Å². The number of pyridine rings is 1. The number of halogens is 2. The van der Waals surface area contributed by atoms with Crippen LogP contribution in [-0.2, 0) is 4.74 Å². The van der Waals surface area contributed by atoms with Gasteiger partial charge in [-0.3, -0.25) is 4.79 Å². The van der Waals surface area contributed by atoms with Crippen LogP contribution in [0, 0.1) is 6.92 Å². The summed E-state index contributed by atoms with van der Waals surface area (Å²) in [6.45, 7) is 4.74. The van der Waals surface area contributed by atoms with Crippen molar-refractivity contribution in [2.24, 2.45) is 0 Å². The molecule has 4 aromatic rings. The van der Waals surface area contributed by atoms with E-state index in [-0.39, 0.29) is 24.5 Å². The Balaban J connectivity index is 0.00000289. The Morgan fingerprint density at radius 1 is 1.23 bits per heavy atom. The summed E-state index contributed by atoms with van der Waals surface area (Å²) in [6.07, 6.45) is 0.732. The van der Waals surface area contributed by atoms with E-state index in [4.69, 9.17) is 16.3 Å². The first-order chi connectivity index (χ1) is 16.5. The standard InChI is InChI=1S/C23H24ClN7O3.ClH/c1-13-19-21(30-23(27-13)31-7-9-34-10-8-31)29-20(28-19)18-16(5-6-25-22(18)33)26-12-17(32)14-3-2-4-15(24)11-14;/h2-6,11,17,32H,7-10,12H2,1H3,(H2,25,26,33)(H,27,28,29,30);1H/t17-;/m0./s1. The number of aromatic nitrogens is 5. The van der Waals surface area contributed by atoms with Crippen molar-refractivity contribution in [3.8, 4) is 11.4 Å². The molecule has 0 aliphatic carbocycles. The third-order valence-corrected chi connectivity index (χ3v) is 5.95. The number of ether oxygens (including phenoxy) is 1. The summed E-state index contributed by atoms with van der Waals surface area (Å²) < 4.78 is 5.41. The minimum atomic E-state index is -0.814. The Morgan fingerprint density at radius 3 is 2.80 bits per heavy atom. The van der Waals surface area contributed by atoms with Gasteiger partial charge in [-0.1, -0.05) is 23.7 Å². The summed E-state index contributed by atoms with van der Waals surface area (Å²) in [5.41, 5.74) is 3.08. The number of nitrogens with zero attached hydrogens (tertiary/aromatic N) is 4. The predicted molar refractivity (Wildman–Crippen MR) is 138 cm³/mol. The smallest absolute Gasteiger partial charge is 0.261 e. The Hall–Kier alpha value is -3.18. The Bertz CT molecular complexity index is 1390. The number of imidazole rings is 1. The molecule has 5 rings (SSSR count). The fraction of sp³-hybridized carbons (Fsp3) is 0.304. The van der Waals surface area contributed by atoms with E-state index in [2.05, 4.69) is 35.1 Å². The second-order valence-corrected chi connectivity index (χ2v) is 8.47. The maximum absolute atomic E-state index is 12.8. The van der Waals surface area contributed by atoms with E-state index < -0.39 is 6.10 Å². The second kappa shape index (κ2) is 10.6. The molecule has 1 aliphatic rings. The fourth-order valence-corrected chi connectivity index (χ4v) is 4.15. The normalized spacial score (nSPS) is 14.5. The average Bonchev–Trinajstić information content (AvgIpc) is 3.27. The number of hydrogen-bond acceptors (Lipinski definition) is 8. The van der Waals surface area contributed by atoms with Crippen LogP contribution in [0.25, 0.3) is 22.6 Å². The lowest BCUT2D eigenvalue weighted by Gasteiger charge is -2.26. The first kappa shape index (κ1) is 24.9. The molecule has 0 bridgehead atoms. The zero-order chi connectivity index (χ0) is 23.7. The molecule has 1 fully saturated rings. The van der Waals surface area contributed by atoms with Crippen LogP contribution in [0.1, 0.15) is 17.4 Å². The van der Waals surface area contributed by atoms with Gasteiger partial charge in [0.25, 0.3) is 5.56 Å². The number of anilines is 2. The molecule has 0 amide bonds. The third kappa shape index (κ3) is 5.25. The highest BCUT2D eigenvalue weighted by molar-refractivity contribution is 6.30. The summed E-state index contributed by atoms with van der Waals surface area (Å²) in [7, 11) is 0. The van der Waals surface area contributed by atoms with Gasteiger partial charge in [-0.15, -0.1) is 12.4 Å². The number of fused-ring (bicyclic) bond motifs is 1. The van der Waals surface area contributed by atoms with Crippen molar-refractivity contribution < 1.29 is 9.84 Å². The van der Waals surface area contributed by atoms with Gasteiger partial charge in [0.05, 0.1) is 30.7 Å². The SMILES string of the molecule is Cc1nc(N2CCOCC2)nc2[nH]c(-c3c(NC[C@H](O)c4cccc(Cl)c4)cc[nH]c3=O)nc12.Cl. The van der Waals surface area contributed by atoms with Gasteiger partial charge in [-0.2, -0.15) is 4.98 Å². The van der Waals surface area contributed by atoms with Crippen molar-refractivity contribution in [1.82, 2.24) is 24.9 Å². The number of aromatic amines is 2. The Kier molecular flexibility index (Phi) is 7.56. The van der Waals surface area contributed by atoms with Gasteiger partial charge in [0.2, 0.25) is 5.95 Å². The quantitative estimate of drug-likeness (QED) is 0.306. The minimum absolute atomic E-state index is 0. The predicted octanol–water partition coefficient (Wildman–Crippen LogP) is 3.07. The molecule has 0 unspecified atom stereocenters. The van der Waals surface area contributed by atoms with E-state index >= 15 is 0 Å². The van der Waals surface area contributed by atoms with Crippen LogP contribution in [0.5, 0.6) is 0 Å². The zero-order valence-corrected chi connectivity index (χ0v) is 20.5. The van der Waals surface area contributed by atoms with Crippen LogP contribution < -0.4 is 15.8 Å². The lowest BCUT2D eigenvalue weighted by atomic mass is 10.1. The molecule has 1 aliphatic heterocycles. The summed E-state index contributed by atoms with van der Waals surface area (Å²) in [5.74, 6) is 0.974. The number of aliphatic hydroxyl groups is 1. The van der Waals surface area contributed by atoms with Gasteiger partial charge in [-0.25, -0.2) is 9.97 Å². The number of hydrogen-bond donors (Lipinski definition) is 4. The van der Waals surface area contributed by atoms with E-state index in [0.29, 0.717) is 76.8 Å². The van der Waals surface area contributed by atoms with E-state index in [9.17, 15) is 9.90 Å². The van der Waals surface area contributed by atoms with Gasteiger partial charge < -0.3 is 30.0 Å². The molecule has 4 heterocycles. The Labute approximate surface area is 212 Å². The number of aliphatic hydroxyl groups excluding tert-OH is 1. The maximum atomic E-state index is 12.8. The molecule has 1 atom stereocenters. The van der Waals surface area contributed by atoms with Crippen molar-refractivity contribution in [1.29, 1.82) is 0 Å². The van der Waals surface area contributed by atoms with E-state index in [1.54, 1.807) is 36.5 Å². The van der Waals surface area contributed by atoms with Gasteiger partial charge in [0.1, 0.15) is 16.9 Å². The van der Waals surface area contributed by atoms with Gasteiger partial charge in [0, 0.05) is 30.9 Å². The highest BCUT2D eigenvalue weighted by Crippen LogP contribution is 2.27. The van der Waals surface area contributed by atoms with Crippen molar-refractivity contribution in [2.75, 3.05) is 43.1 Å². The number of benzene rings is 1. The topological polar surface area (TPSA) is 132 Å². The number of H-pyrrole nitrogens is 2.